The van der Waals surface area contributed by atoms with Crippen molar-refractivity contribution < 1.29 is 4.74 Å². The largest absolute Gasteiger partial charge is 0.374 e. The highest BCUT2D eigenvalue weighted by Crippen LogP contribution is 2.28. The second-order valence-corrected chi connectivity index (χ2v) is 4.17. The molecule has 1 aromatic heterocycles. The molecule has 0 radical (unpaired) electrons. The Balaban J connectivity index is 2.24. The molecule has 5 nitrogen and oxygen atoms in total. The standard InChI is InChI=1S/C11H20N4O/c1-3-15-4-5-16-10(6-12)11(15)9-7-13-14(2)8-9/h7-8,10-11H,3-6,12H2,1-2H3/t10-,11-/m0/s1. The van der Waals surface area contributed by atoms with E-state index < -0.39 is 0 Å². The number of aryl methyl sites for hydroxylation is 1. The summed E-state index contributed by atoms with van der Waals surface area (Å²) in [6.07, 6.45) is 4.04. The van der Waals surface area contributed by atoms with Crippen molar-refractivity contribution in [3.05, 3.63) is 18.0 Å². The average Bonchev–Trinajstić information content (AvgIpc) is 2.74. The maximum Gasteiger partial charge on any atom is 0.0895 e. The minimum Gasteiger partial charge on any atom is -0.374 e. The van der Waals surface area contributed by atoms with Crippen molar-refractivity contribution in [2.24, 2.45) is 12.8 Å². The van der Waals surface area contributed by atoms with Crippen molar-refractivity contribution in [2.75, 3.05) is 26.2 Å². The topological polar surface area (TPSA) is 56.3 Å². The molecule has 0 bridgehead atoms. The third-order valence-electron chi connectivity index (χ3n) is 3.16. The SMILES string of the molecule is CCN1CCO[C@@H](CN)[C@@H]1c1cnn(C)c1. The predicted octanol–water partition coefficient (Wildman–Crippen LogP) is 0.141. The molecule has 1 aliphatic rings. The van der Waals surface area contributed by atoms with Crippen LogP contribution in [0.3, 0.4) is 0 Å². The van der Waals surface area contributed by atoms with Crippen LogP contribution in [0.15, 0.2) is 12.4 Å². The van der Waals surface area contributed by atoms with Gasteiger partial charge in [-0.25, -0.2) is 0 Å². The van der Waals surface area contributed by atoms with Crippen molar-refractivity contribution in [1.29, 1.82) is 0 Å². The molecule has 0 aromatic carbocycles. The van der Waals surface area contributed by atoms with Gasteiger partial charge < -0.3 is 10.5 Å². The van der Waals surface area contributed by atoms with Crippen LogP contribution in [-0.4, -0.2) is 47.0 Å². The van der Waals surface area contributed by atoms with E-state index in [0.717, 1.165) is 19.7 Å². The molecular formula is C11H20N4O. The molecule has 0 amide bonds. The minimum absolute atomic E-state index is 0.0814. The van der Waals surface area contributed by atoms with E-state index >= 15 is 0 Å². The van der Waals surface area contributed by atoms with E-state index in [1.165, 1.54) is 5.56 Å². The summed E-state index contributed by atoms with van der Waals surface area (Å²) in [6.45, 7) is 5.47. The second kappa shape index (κ2) is 4.95. The zero-order valence-electron chi connectivity index (χ0n) is 9.97. The van der Waals surface area contributed by atoms with Gasteiger partial charge >= 0.3 is 0 Å². The Kier molecular flexibility index (Phi) is 3.58. The van der Waals surface area contributed by atoms with Gasteiger partial charge in [0.2, 0.25) is 0 Å². The molecule has 0 spiro atoms. The number of ether oxygens (including phenoxy) is 1. The molecule has 1 fully saturated rings. The summed E-state index contributed by atoms with van der Waals surface area (Å²) in [4.78, 5) is 2.40. The first-order chi connectivity index (χ1) is 7.76. The maximum absolute atomic E-state index is 5.78. The highest BCUT2D eigenvalue weighted by molar-refractivity contribution is 5.14. The van der Waals surface area contributed by atoms with E-state index in [0.29, 0.717) is 6.54 Å². The van der Waals surface area contributed by atoms with Crippen LogP contribution >= 0.6 is 0 Å². The van der Waals surface area contributed by atoms with Crippen LogP contribution in [0.25, 0.3) is 0 Å². The normalized spacial score (nSPS) is 27.2. The number of likely N-dealkylation sites (N-methyl/N-ethyl adjacent to an activating group) is 1. The van der Waals surface area contributed by atoms with Crippen LogP contribution in [-0.2, 0) is 11.8 Å². The van der Waals surface area contributed by atoms with E-state index in [4.69, 9.17) is 10.5 Å². The molecule has 0 saturated carbocycles. The average molecular weight is 224 g/mol. The van der Waals surface area contributed by atoms with Gasteiger partial charge in [0, 0.05) is 31.9 Å². The Morgan fingerprint density at radius 1 is 1.62 bits per heavy atom. The van der Waals surface area contributed by atoms with Crippen molar-refractivity contribution in [3.8, 4) is 0 Å². The Labute approximate surface area is 96.2 Å². The van der Waals surface area contributed by atoms with E-state index in [1.807, 2.05) is 24.1 Å². The second-order valence-electron chi connectivity index (χ2n) is 4.17. The highest BCUT2D eigenvalue weighted by Gasteiger charge is 2.32. The number of hydrogen-bond acceptors (Lipinski definition) is 4. The smallest absolute Gasteiger partial charge is 0.0895 e. The molecule has 2 rings (SSSR count). The van der Waals surface area contributed by atoms with E-state index in [2.05, 4.69) is 16.9 Å². The quantitative estimate of drug-likeness (QED) is 0.793. The van der Waals surface area contributed by atoms with Crippen LogP contribution in [0.4, 0.5) is 0 Å². The summed E-state index contributed by atoms with van der Waals surface area (Å²) in [7, 11) is 1.93. The van der Waals surface area contributed by atoms with Gasteiger partial charge in [0.25, 0.3) is 0 Å². The number of rotatable bonds is 3. The number of nitrogens with two attached hydrogens (primary N) is 1. The number of morpholine rings is 1. The number of hydrogen-bond donors (Lipinski definition) is 1. The third-order valence-corrected chi connectivity index (χ3v) is 3.16. The molecule has 5 heteroatoms. The van der Waals surface area contributed by atoms with Gasteiger partial charge in [0.1, 0.15) is 0 Å². The molecule has 1 aliphatic heterocycles. The molecule has 90 valence electrons. The monoisotopic (exact) mass is 224 g/mol. The predicted molar refractivity (Wildman–Crippen MR) is 62.0 cm³/mol. The molecule has 0 unspecified atom stereocenters. The van der Waals surface area contributed by atoms with Gasteiger partial charge in [0.15, 0.2) is 0 Å². The van der Waals surface area contributed by atoms with E-state index in [1.54, 1.807) is 0 Å². The van der Waals surface area contributed by atoms with Gasteiger partial charge in [-0.1, -0.05) is 6.92 Å². The molecule has 1 aromatic rings. The number of nitrogens with zero attached hydrogens (tertiary/aromatic N) is 3. The summed E-state index contributed by atoms with van der Waals surface area (Å²) in [5.74, 6) is 0. The Morgan fingerprint density at radius 3 is 3.00 bits per heavy atom. The lowest BCUT2D eigenvalue weighted by Crippen LogP contribution is -2.47. The molecule has 2 heterocycles. The third kappa shape index (κ3) is 2.11. The summed E-state index contributed by atoms with van der Waals surface area (Å²) in [5.41, 5.74) is 6.97. The van der Waals surface area contributed by atoms with Gasteiger partial charge in [-0.3, -0.25) is 9.58 Å². The first kappa shape index (κ1) is 11.6. The molecule has 16 heavy (non-hydrogen) atoms. The zero-order valence-corrected chi connectivity index (χ0v) is 9.97. The fourth-order valence-corrected chi connectivity index (χ4v) is 2.36. The van der Waals surface area contributed by atoms with Crippen LogP contribution in [0.5, 0.6) is 0 Å². The first-order valence-corrected chi connectivity index (χ1v) is 5.80. The van der Waals surface area contributed by atoms with Crippen molar-refractivity contribution in [3.63, 3.8) is 0 Å². The fourth-order valence-electron chi connectivity index (χ4n) is 2.36. The van der Waals surface area contributed by atoms with Crippen molar-refractivity contribution >= 4 is 0 Å². The van der Waals surface area contributed by atoms with E-state index in [-0.39, 0.29) is 12.1 Å². The van der Waals surface area contributed by atoms with Crippen LogP contribution < -0.4 is 5.73 Å². The maximum atomic E-state index is 5.78. The van der Waals surface area contributed by atoms with Gasteiger partial charge in [-0.15, -0.1) is 0 Å². The van der Waals surface area contributed by atoms with Crippen LogP contribution in [0, 0.1) is 0 Å². The Hall–Kier alpha value is -0.910. The molecule has 2 atom stereocenters. The Bertz CT molecular complexity index is 326. The summed E-state index contributed by atoms with van der Waals surface area (Å²) in [6, 6.07) is 0.248. The van der Waals surface area contributed by atoms with Crippen LogP contribution in [0.1, 0.15) is 18.5 Å². The minimum atomic E-state index is 0.0814. The Morgan fingerprint density at radius 2 is 2.44 bits per heavy atom. The molecule has 0 aliphatic carbocycles. The van der Waals surface area contributed by atoms with E-state index in [9.17, 15) is 0 Å². The van der Waals surface area contributed by atoms with Crippen molar-refractivity contribution in [1.82, 2.24) is 14.7 Å². The summed E-state index contributed by atoms with van der Waals surface area (Å²) in [5, 5.41) is 4.22. The van der Waals surface area contributed by atoms with Crippen molar-refractivity contribution in [2.45, 2.75) is 19.1 Å². The number of aromatic nitrogens is 2. The van der Waals surface area contributed by atoms with Gasteiger partial charge in [-0.2, -0.15) is 5.10 Å². The van der Waals surface area contributed by atoms with Crippen LogP contribution in [0.2, 0.25) is 0 Å². The lowest BCUT2D eigenvalue weighted by Gasteiger charge is -2.39. The molecule has 2 N–H and O–H groups in total. The highest BCUT2D eigenvalue weighted by atomic mass is 16.5. The zero-order chi connectivity index (χ0) is 11.5. The summed E-state index contributed by atoms with van der Waals surface area (Å²) >= 11 is 0. The first-order valence-electron chi connectivity index (χ1n) is 5.80. The lowest BCUT2D eigenvalue weighted by molar-refractivity contribution is -0.0658. The van der Waals surface area contributed by atoms with Gasteiger partial charge in [-0.05, 0) is 6.54 Å². The fraction of sp³-hybridized carbons (Fsp3) is 0.727. The molecule has 1 saturated heterocycles. The summed E-state index contributed by atoms with van der Waals surface area (Å²) < 4.78 is 7.56. The lowest BCUT2D eigenvalue weighted by atomic mass is 10.0. The van der Waals surface area contributed by atoms with Gasteiger partial charge in [0.05, 0.1) is 24.9 Å². The molecular weight excluding hydrogens is 204 g/mol.